The number of ketones is 1. The van der Waals surface area contributed by atoms with E-state index in [1.807, 2.05) is 36.4 Å². The maximum absolute atomic E-state index is 11.7. The molecule has 0 aliphatic heterocycles. The predicted octanol–water partition coefficient (Wildman–Crippen LogP) is 1.99. The molecule has 4 nitrogen and oxygen atoms in total. The second kappa shape index (κ2) is 3.70. The Hall–Kier alpha value is -2.62. The lowest BCUT2D eigenvalue weighted by molar-refractivity contribution is -0.114. The van der Waals surface area contributed by atoms with Crippen molar-refractivity contribution in [3.8, 4) is 0 Å². The molecule has 0 unspecified atom stereocenters. The molecular weight excluding hydrogens is 228 g/mol. The molecular formula is C14H10N2O2. The number of aromatic nitrogens is 1. The van der Waals surface area contributed by atoms with Crippen LogP contribution in [0.15, 0.2) is 42.6 Å². The van der Waals surface area contributed by atoms with Crippen LogP contribution in [-0.4, -0.2) is 16.7 Å². The molecule has 0 aliphatic rings. The maximum atomic E-state index is 11.7. The van der Waals surface area contributed by atoms with Gasteiger partial charge in [-0.15, -0.1) is 0 Å². The highest BCUT2D eigenvalue weighted by Crippen LogP contribution is 2.26. The molecule has 88 valence electrons. The summed E-state index contributed by atoms with van der Waals surface area (Å²) in [6.07, 6.45) is 1.53. The monoisotopic (exact) mass is 238 g/mol. The summed E-state index contributed by atoms with van der Waals surface area (Å²) in [6.45, 7) is 0. The van der Waals surface area contributed by atoms with E-state index >= 15 is 0 Å². The predicted molar refractivity (Wildman–Crippen MR) is 69.3 cm³/mol. The number of H-pyrrole nitrogens is 1. The first kappa shape index (κ1) is 10.5. The van der Waals surface area contributed by atoms with Gasteiger partial charge >= 0.3 is 0 Å². The van der Waals surface area contributed by atoms with E-state index in [0.29, 0.717) is 5.56 Å². The highest BCUT2D eigenvalue weighted by Gasteiger charge is 2.17. The highest BCUT2D eigenvalue weighted by atomic mass is 16.2. The lowest BCUT2D eigenvalue weighted by Gasteiger charge is -2.00. The molecule has 3 rings (SSSR count). The zero-order valence-corrected chi connectivity index (χ0v) is 9.44. The van der Waals surface area contributed by atoms with Crippen molar-refractivity contribution in [2.24, 2.45) is 5.73 Å². The number of Topliss-reactive ketones (excluding diaryl/α,β-unsaturated/α-hetero) is 1. The first-order chi connectivity index (χ1) is 8.68. The fourth-order valence-electron chi connectivity index (χ4n) is 2.19. The molecule has 2 aromatic carbocycles. The molecule has 0 radical (unpaired) electrons. The van der Waals surface area contributed by atoms with Crippen LogP contribution in [0.2, 0.25) is 0 Å². The molecule has 0 spiro atoms. The van der Waals surface area contributed by atoms with Crippen LogP contribution < -0.4 is 5.73 Å². The number of rotatable bonds is 2. The van der Waals surface area contributed by atoms with Crippen molar-refractivity contribution < 1.29 is 9.59 Å². The lowest BCUT2D eigenvalue weighted by Crippen LogP contribution is -2.22. The second-order valence-electron chi connectivity index (χ2n) is 4.10. The zero-order chi connectivity index (χ0) is 12.7. The van der Waals surface area contributed by atoms with Gasteiger partial charge in [-0.2, -0.15) is 0 Å². The number of nitrogens with two attached hydrogens (primary N) is 1. The third kappa shape index (κ3) is 1.39. The van der Waals surface area contributed by atoms with E-state index in [0.717, 1.165) is 21.7 Å². The average molecular weight is 238 g/mol. The normalized spacial score (nSPS) is 10.9. The van der Waals surface area contributed by atoms with Crippen molar-refractivity contribution in [3.63, 3.8) is 0 Å². The number of hydrogen-bond acceptors (Lipinski definition) is 2. The Kier molecular flexibility index (Phi) is 2.16. The topological polar surface area (TPSA) is 76.0 Å². The summed E-state index contributed by atoms with van der Waals surface area (Å²) in [5.74, 6) is -1.61. The number of nitrogens with one attached hydrogen (secondary N) is 1. The summed E-state index contributed by atoms with van der Waals surface area (Å²) in [4.78, 5) is 25.7. The standard InChI is InChI=1S/C14H10N2O2/c15-14(18)13(17)11-7-16-12-9-4-2-1-3-8(9)5-6-10(11)12/h1-7,16H,(H2,15,18). The van der Waals surface area contributed by atoms with Crippen LogP contribution >= 0.6 is 0 Å². The first-order valence-corrected chi connectivity index (χ1v) is 5.51. The number of primary amides is 1. The number of hydrogen-bond donors (Lipinski definition) is 2. The molecule has 0 saturated carbocycles. The van der Waals surface area contributed by atoms with E-state index in [-0.39, 0.29) is 0 Å². The first-order valence-electron chi connectivity index (χ1n) is 5.51. The van der Waals surface area contributed by atoms with Crippen LogP contribution in [0.5, 0.6) is 0 Å². The molecule has 0 bridgehead atoms. The number of carbonyl (C=O) groups is 2. The quantitative estimate of drug-likeness (QED) is 0.529. The van der Waals surface area contributed by atoms with Gasteiger partial charge in [0, 0.05) is 17.0 Å². The van der Waals surface area contributed by atoms with Gasteiger partial charge in [0.15, 0.2) is 0 Å². The highest BCUT2D eigenvalue weighted by molar-refractivity contribution is 6.44. The van der Waals surface area contributed by atoms with Crippen molar-refractivity contribution in [1.29, 1.82) is 0 Å². The van der Waals surface area contributed by atoms with E-state index in [9.17, 15) is 9.59 Å². The van der Waals surface area contributed by atoms with Crippen molar-refractivity contribution in [3.05, 3.63) is 48.2 Å². The lowest BCUT2D eigenvalue weighted by atomic mass is 10.0. The van der Waals surface area contributed by atoms with Crippen LogP contribution in [0, 0.1) is 0 Å². The van der Waals surface area contributed by atoms with Gasteiger partial charge in [0.2, 0.25) is 0 Å². The largest absolute Gasteiger partial charge is 0.363 e. The average Bonchev–Trinajstić information content (AvgIpc) is 2.81. The fraction of sp³-hybridized carbons (Fsp3) is 0. The number of fused-ring (bicyclic) bond motifs is 3. The number of aromatic amines is 1. The number of amides is 1. The van der Waals surface area contributed by atoms with E-state index < -0.39 is 11.7 Å². The van der Waals surface area contributed by atoms with Crippen molar-refractivity contribution in [2.75, 3.05) is 0 Å². The van der Waals surface area contributed by atoms with E-state index in [2.05, 4.69) is 4.98 Å². The van der Waals surface area contributed by atoms with Crippen LogP contribution in [0.4, 0.5) is 0 Å². The van der Waals surface area contributed by atoms with Crippen molar-refractivity contribution >= 4 is 33.4 Å². The molecule has 0 atom stereocenters. The summed E-state index contributed by atoms with van der Waals surface area (Å²) < 4.78 is 0. The minimum atomic E-state index is -0.941. The summed E-state index contributed by atoms with van der Waals surface area (Å²) in [5, 5.41) is 2.81. The molecule has 4 heteroatoms. The van der Waals surface area contributed by atoms with Gasteiger partial charge in [-0.05, 0) is 5.39 Å². The van der Waals surface area contributed by atoms with Gasteiger partial charge in [-0.3, -0.25) is 9.59 Å². The zero-order valence-electron chi connectivity index (χ0n) is 9.44. The van der Waals surface area contributed by atoms with Gasteiger partial charge < -0.3 is 10.7 Å². The summed E-state index contributed by atoms with van der Waals surface area (Å²) in [5.41, 5.74) is 6.20. The molecule has 1 aromatic heterocycles. The molecule has 0 aliphatic carbocycles. The Morgan fingerprint density at radius 2 is 1.78 bits per heavy atom. The Bertz CT molecular complexity index is 787. The molecule has 1 heterocycles. The van der Waals surface area contributed by atoms with Crippen molar-refractivity contribution in [2.45, 2.75) is 0 Å². The van der Waals surface area contributed by atoms with Gasteiger partial charge in [0.25, 0.3) is 11.7 Å². The Balaban J connectivity index is 2.36. The number of benzene rings is 2. The minimum Gasteiger partial charge on any atom is -0.363 e. The van der Waals surface area contributed by atoms with Crippen LogP contribution in [0.1, 0.15) is 10.4 Å². The Morgan fingerprint density at radius 3 is 2.56 bits per heavy atom. The smallest absolute Gasteiger partial charge is 0.289 e. The molecule has 18 heavy (non-hydrogen) atoms. The second-order valence-corrected chi connectivity index (χ2v) is 4.10. The SMILES string of the molecule is NC(=O)C(=O)c1c[nH]c2c1ccc1ccccc12. The Morgan fingerprint density at radius 1 is 1.00 bits per heavy atom. The number of carbonyl (C=O) groups excluding carboxylic acids is 2. The molecule has 3 N–H and O–H groups in total. The van der Waals surface area contributed by atoms with Crippen LogP contribution in [-0.2, 0) is 4.79 Å². The van der Waals surface area contributed by atoms with Gasteiger partial charge in [0.1, 0.15) is 0 Å². The third-order valence-electron chi connectivity index (χ3n) is 3.05. The van der Waals surface area contributed by atoms with Crippen molar-refractivity contribution in [1.82, 2.24) is 4.98 Å². The molecule has 1 amide bonds. The van der Waals surface area contributed by atoms with Gasteiger partial charge in [0.05, 0.1) is 11.1 Å². The van der Waals surface area contributed by atoms with E-state index in [4.69, 9.17) is 5.73 Å². The maximum Gasteiger partial charge on any atom is 0.289 e. The molecule has 0 saturated heterocycles. The molecule has 3 aromatic rings. The summed E-state index contributed by atoms with van der Waals surface area (Å²) in [7, 11) is 0. The van der Waals surface area contributed by atoms with Crippen LogP contribution in [0.3, 0.4) is 0 Å². The molecule has 0 fully saturated rings. The van der Waals surface area contributed by atoms with Gasteiger partial charge in [-0.25, -0.2) is 0 Å². The minimum absolute atomic E-state index is 0.322. The fourth-order valence-corrected chi connectivity index (χ4v) is 2.19. The summed E-state index contributed by atoms with van der Waals surface area (Å²) >= 11 is 0. The van der Waals surface area contributed by atoms with Gasteiger partial charge in [-0.1, -0.05) is 36.4 Å². The summed E-state index contributed by atoms with van der Waals surface area (Å²) in [6, 6.07) is 11.6. The van der Waals surface area contributed by atoms with Crippen LogP contribution in [0.25, 0.3) is 21.7 Å². The van der Waals surface area contributed by atoms with E-state index in [1.54, 1.807) is 0 Å². The van der Waals surface area contributed by atoms with E-state index in [1.165, 1.54) is 6.20 Å². The third-order valence-corrected chi connectivity index (χ3v) is 3.05. The Labute approximate surface area is 102 Å².